The Morgan fingerprint density at radius 2 is 1.54 bits per heavy atom. The van der Waals surface area contributed by atoms with Crippen LogP contribution in [0.25, 0.3) is 0 Å². The number of carbonyl (C=O) groups is 2. The number of hydrogen-bond acceptors (Lipinski definition) is 3. The third-order valence-corrected chi connectivity index (χ3v) is 3.33. The number of carbonyl (C=O) groups excluding carboxylic acids is 2. The van der Waals surface area contributed by atoms with E-state index < -0.39 is 0 Å². The van der Waals surface area contributed by atoms with Gasteiger partial charge in [0.05, 0.1) is 13.0 Å². The molecular formula is C18H20FN3O2. The second kappa shape index (κ2) is 8.79. The Balaban J connectivity index is 1.70. The van der Waals surface area contributed by atoms with E-state index in [9.17, 15) is 14.0 Å². The number of hydrogen-bond donors (Lipinski definition) is 2. The molecule has 126 valence electrons. The number of likely N-dealkylation sites (N-methyl/N-ethyl adjacent to an activating group) is 1. The topological polar surface area (TPSA) is 61.4 Å². The summed E-state index contributed by atoms with van der Waals surface area (Å²) in [6.45, 7) is 0.795. The van der Waals surface area contributed by atoms with Crippen LogP contribution in [0.2, 0.25) is 0 Å². The summed E-state index contributed by atoms with van der Waals surface area (Å²) in [5.74, 6) is -1.02. The number of hydrazine groups is 1. The fourth-order valence-corrected chi connectivity index (χ4v) is 2.21. The third-order valence-electron chi connectivity index (χ3n) is 3.33. The summed E-state index contributed by atoms with van der Waals surface area (Å²) in [6, 6.07) is 15.4. The summed E-state index contributed by atoms with van der Waals surface area (Å²) < 4.78 is 12.8. The van der Waals surface area contributed by atoms with Crippen molar-refractivity contribution in [2.24, 2.45) is 0 Å². The first-order valence-corrected chi connectivity index (χ1v) is 7.57. The zero-order chi connectivity index (χ0) is 17.4. The standard InChI is InChI=1S/C18H20FN3O2/c1-22(12-15-5-3-2-4-6-15)13-18(24)21-20-17(23)11-14-7-9-16(19)10-8-14/h2-10H,11-13H2,1H3,(H,20,23)(H,21,24). The van der Waals surface area contributed by atoms with Crippen LogP contribution in [0.5, 0.6) is 0 Å². The Morgan fingerprint density at radius 3 is 2.21 bits per heavy atom. The van der Waals surface area contributed by atoms with Crippen LogP contribution in [-0.4, -0.2) is 30.3 Å². The van der Waals surface area contributed by atoms with Crippen LogP contribution in [-0.2, 0) is 22.6 Å². The highest BCUT2D eigenvalue weighted by Gasteiger charge is 2.09. The predicted octanol–water partition coefficient (Wildman–Crippen LogP) is 1.65. The van der Waals surface area contributed by atoms with Crippen molar-refractivity contribution >= 4 is 11.8 Å². The third kappa shape index (κ3) is 6.18. The van der Waals surface area contributed by atoms with Crippen molar-refractivity contribution < 1.29 is 14.0 Å². The maximum atomic E-state index is 12.8. The van der Waals surface area contributed by atoms with Gasteiger partial charge in [-0.3, -0.25) is 25.3 Å². The second-order valence-electron chi connectivity index (χ2n) is 5.56. The van der Waals surface area contributed by atoms with Gasteiger partial charge in [0.15, 0.2) is 0 Å². The lowest BCUT2D eigenvalue weighted by Gasteiger charge is -2.16. The first-order chi connectivity index (χ1) is 11.5. The summed E-state index contributed by atoms with van der Waals surface area (Å²) in [5, 5.41) is 0. The van der Waals surface area contributed by atoms with Crippen LogP contribution in [0.4, 0.5) is 4.39 Å². The Morgan fingerprint density at radius 1 is 0.917 bits per heavy atom. The average Bonchev–Trinajstić information content (AvgIpc) is 2.56. The van der Waals surface area contributed by atoms with Crippen molar-refractivity contribution in [3.05, 3.63) is 71.5 Å². The van der Waals surface area contributed by atoms with Gasteiger partial charge in [0.25, 0.3) is 5.91 Å². The van der Waals surface area contributed by atoms with E-state index in [-0.39, 0.29) is 30.6 Å². The monoisotopic (exact) mass is 329 g/mol. The minimum absolute atomic E-state index is 0.0699. The van der Waals surface area contributed by atoms with E-state index in [1.165, 1.54) is 24.3 Å². The molecule has 2 amide bonds. The molecule has 2 rings (SSSR count). The van der Waals surface area contributed by atoms with Crippen molar-refractivity contribution in [2.45, 2.75) is 13.0 Å². The largest absolute Gasteiger partial charge is 0.293 e. The maximum Gasteiger partial charge on any atom is 0.252 e. The number of amides is 2. The number of nitrogens with one attached hydrogen (secondary N) is 2. The molecule has 0 aromatic heterocycles. The van der Waals surface area contributed by atoms with E-state index in [1.807, 2.05) is 42.3 Å². The number of halogens is 1. The van der Waals surface area contributed by atoms with Crippen molar-refractivity contribution in [1.29, 1.82) is 0 Å². The minimum atomic E-state index is -0.360. The quantitative estimate of drug-likeness (QED) is 0.792. The van der Waals surface area contributed by atoms with Crippen LogP contribution < -0.4 is 10.9 Å². The minimum Gasteiger partial charge on any atom is -0.293 e. The summed E-state index contributed by atoms with van der Waals surface area (Å²) >= 11 is 0. The first kappa shape index (κ1) is 17.6. The number of benzene rings is 2. The van der Waals surface area contributed by atoms with E-state index in [4.69, 9.17) is 0 Å². The Kier molecular flexibility index (Phi) is 6.45. The molecule has 0 unspecified atom stereocenters. The van der Waals surface area contributed by atoms with Crippen LogP contribution >= 0.6 is 0 Å². The molecule has 0 atom stereocenters. The van der Waals surface area contributed by atoms with Gasteiger partial charge in [0, 0.05) is 6.54 Å². The number of nitrogens with zero attached hydrogens (tertiary/aromatic N) is 1. The Bertz CT molecular complexity index is 674. The van der Waals surface area contributed by atoms with Gasteiger partial charge < -0.3 is 0 Å². The van der Waals surface area contributed by atoms with Crippen LogP contribution in [0.3, 0.4) is 0 Å². The Labute approximate surface area is 140 Å². The smallest absolute Gasteiger partial charge is 0.252 e. The van der Waals surface area contributed by atoms with Crippen LogP contribution in [0.1, 0.15) is 11.1 Å². The van der Waals surface area contributed by atoms with Crippen molar-refractivity contribution in [3.8, 4) is 0 Å². The zero-order valence-corrected chi connectivity index (χ0v) is 13.5. The van der Waals surface area contributed by atoms with Crippen molar-refractivity contribution in [3.63, 3.8) is 0 Å². The SMILES string of the molecule is CN(CC(=O)NNC(=O)Cc1ccc(F)cc1)Cc1ccccc1. The molecule has 2 aromatic carbocycles. The molecule has 0 saturated carbocycles. The molecule has 24 heavy (non-hydrogen) atoms. The molecule has 0 heterocycles. The van der Waals surface area contributed by atoms with E-state index in [2.05, 4.69) is 10.9 Å². The van der Waals surface area contributed by atoms with Crippen LogP contribution in [0, 0.1) is 5.82 Å². The normalized spacial score (nSPS) is 10.5. The van der Waals surface area contributed by atoms with Gasteiger partial charge in [-0.15, -0.1) is 0 Å². The molecule has 0 saturated heterocycles. The highest BCUT2D eigenvalue weighted by Crippen LogP contribution is 2.03. The molecule has 6 heteroatoms. The fourth-order valence-electron chi connectivity index (χ4n) is 2.21. The molecule has 0 aliphatic carbocycles. The molecule has 0 radical (unpaired) electrons. The lowest BCUT2D eigenvalue weighted by molar-refractivity contribution is -0.129. The van der Waals surface area contributed by atoms with Crippen molar-refractivity contribution in [1.82, 2.24) is 15.8 Å². The van der Waals surface area contributed by atoms with E-state index in [0.717, 1.165) is 5.56 Å². The zero-order valence-electron chi connectivity index (χ0n) is 13.5. The molecule has 5 nitrogen and oxygen atoms in total. The fraction of sp³-hybridized carbons (Fsp3) is 0.222. The van der Waals surface area contributed by atoms with E-state index >= 15 is 0 Å². The average molecular weight is 329 g/mol. The van der Waals surface area contributed by atoms with Gasteiger partial charge in [0.1, 0.15) is 5.82 Å². The van der Waals surface area contributed by atoms with Gasteiger partial charge in [-0.05, 0) is 30.3 Å². The molecule has 0 fully saturated rings. The lowest BCUT2D eigenvalue weighted by atomic mass is 10.1. The summed E-state index contributed by atoms with van der Waals surface area (Å²) in [5.41, 5.74) is 6.51. The van der Waals surface area contributed by atoms with Crippen molar-refractivity contribution in [2.75, 3.05) is 13.6 Å². The molecule has 0 aliphatic rings. The second-order valence-corrected chi connectivity index (χ2v) is 5.56. The highest BCUT2D eigenvalue weighted by molar-refractivity contribution is 5.84. The summed E-state index contributed by atoms with van der Waals surface area (Å²) in [4.78, 5) is 25.4. The number of rotatable bonds is 6. The highest BCUT2D eigenvalue weighted by atomic mass is 19.1. The molecule has 2 aromatic rings. The first-order valence-electron chi connectivity index (χ1n) is 7.57. The van der Waals surface area contributed by atoms with Crippen LogP contribution in [0.15, 0.2) is 54.6 Å². The van der Waals surface area contributed by atoms with E-state index in [1.54, 1.807) is 0 Å². The molecule has 0 aliphatic heterocycles. The maximum absolute atomic E-state index is 12.8. The van der Waals surface area contributed by atoms with Gasteiger partial charge in [-0.1, -0.05) is 42.5 Å². The molecule has 0 spiro atoms. The van der Waals surface area contributed by atoms with E-state index in [0.29, 0.717) is 12.1 Å². The molecule has 2 N–H and O–H groups in total. The summed E-state index contributed by atoms with van der Waals surface area (Å²) in [6.07, 6.45) is 0.0699. The van der Waals surface area contributed by atoms with Gasteiger partial charge >= 0.3 is 0 Å². The van der Waals surface area contributed by atoms with Gasteiger partial charge in [-0.25, -0.2) is 4.39 Å². The molecular weight excluding hydrogens is 309 g/mol. The summed E-state index contributed by atoms with van der Waals surface area (Å²) in [7, 11) is 1.83. The molecule has 0 bridgehead atoms. The Hall–Kier alpha value is -2.73. The van der Waals surface area contributed by atoms with Gasteiger partial charge in [0.2, 0.25) is 5.91 Å². The predicted molar refractivity (Wildman–Crippen MR) is 89.2 cm³/mol. The van der Waals surface area contributed by atoms with Gasteiger partial charge in [-0.2, -0.15) is 0 Å². The lowest BCUT2D eigenvalue weighted by Crippen LogP contribution is -2.46.